The van der Waals surface area contributed by atoms with Crippen molar-refractivity contribution in [1.82, 2.24) is 4.90 Å². The molecular formula is C12H15ClN2O3. The number of hydrogen-bond donors (Lipinski definition) is 0. The van der Waals surface area contributed by atoms with E-state index in [1.807, 2.05) is 0 Å². The molecule has 0 unspecified atom stereocenters. The van der Waals surface area contributed by atoms with Crippen LogP contribution >= 0.6 is 11.6 Å². The fraction of sp³-hybridized carbons (Fsp3) is 0.417. The van der Waals surface area contributed by atoms with Crippen LogP contribution in [0.1, 0.15) is 18.4 Å². The summed E-state index contributed by atoms with van der Waals surface area (Å²) < 4.78 is 0. The Morgan fingerprint density at radius 1 is 1.50 bits per heavy atom. The molecule has 5 nitrogen and oxygen atoms in total. The summed E-state index contributed by atoms with van der Waals surface area (Å²) in [6.07, 6.45) is 1.04. The minimum absolute atomic E-state index is 0.0119. The van der Waals surface area contributed by atoms with Crippen LogP contribution in [0, 0.1) is 10.1 Å². The highest BCUT2D eigenvalue weighted by molar-refractivity contribution is 6.17. The van der Waals surface area contributed by atoms with E-state index >= 15 is 0 Å². The zero-order valence-electron chi connectivity index (χ0n) is 10.1. The Hall–Kier alpha value is -1.62. The fourth-order valence-electron chi connectivity index (χ4n) is 1.54. The molecule has 1 aromatic carbocycles. The number of carbonyl (C=O) groups excluding carboxylic acids is 1. The Balaban J connectivity index is 2.63. The number of nitro benzene ring substituents is 1. The fourth-order valence-corrected chi connectivity index (χ4v) is 1.67. The first kappa shape index (κ1) is 14.4. The molecule has 0 aliphatic heterocycles. The summed E-state index contributed by atoms with van der Waals surface area (Å²) in [5.74, 6) is 0.443. The zero-order chi connectivity index (χ0) is 13.5. The third-order valence-corrected chi connectivity index (χ3v) is 2.76. The maximum atomic E-state index is 11.7. The van der Waals surface area contributed by atoms with E-state index < -0.39 is 4.92 Å². The number of halogens is 1. The molecule has 0 aliphatic carbocycles. The van der Waals surface area contributed by atoms with Crippen LogP contribution < -0.4 is 0 Å². The second kappa shape index (κ2) is 6.96. The van der Waals surface area contributed by atoms with Crippen LogP contribution in [-0.2, 0) is 11.3 Å². The van der Waals surface area contributed by atoms with E-state index in [-0.39, 0.29) is 11.6 Å². The van der Waals surface area contributed by atoms with Crippen molar-refractivity contribution in [1.29, 1.82) is 0 Å². The zero-order valence-corrected chi connectivity index (χ0v) is 10.9. The summed E-state index contributed by atoms with van der Waals surface area (Å²) in [4.78, 5) is 23.4. The number of benzene rings is 1. The minimum Gasteiger partial charge on any atom is -0.341 e. The molecule has 0 bridgehead atoms. The van der Waals surface area contributed by atoms with Crippen LogP contribution in [0.25, 0.3) is 0 Å². The van der Waals surface area contributed by atoms with Gasteiger partial charge in [-0.1, -0.05) is 12.1 Å². The van der Waals surface area contributed by atoms with Crippen molar-refractivity contribution in [2.24, 2.45) is 0 Å². The smallest absolute Gasteiger partial charge is 0.269 e. The van der Waals surface area contributed by atoms with E-state index in [1.54, 1.807) is 24.1 Å². The van der Waals surface area contributed by atoms with Gasteiger partial charge in [-0.2, -0.15) is 0 Å². The first-order valence-electron chi connectivity index (χ1n) is 5.58. The normalized spacial score (nSPS) is 10.1. The molecule has 1 amide bonds. The lowest BCUT2D eigenvalue weighted by atomic mass is 10.2. The summed E-state index contributed by atoms with van der Waals surface area (Å²) in [6, 6.07) is 6.28. The highest BCUT2D eigenvalue weighted by Gasteiger charge is 2.11. The molecule has 0 N–H and O–H groups in total. The van der Waals surface area contributed by atoms with Crippen molar-refractivity contribution in [2.75, 3.05) is 12.9 Å². The molecule has 0 spiro atoms. The second-order valence-corrected chi connectivity index (χ2v) is 4.35. The second-order valence-electron chi connectivity index (χ2n) is 3.97. The Bertz CT molecular complexity index is 437. The molecular weight excluding hydrogens is 256 g/mol. The Kier molecular flexibility index (Phi) is 5.58. The summed E-state index contributed by atoms with van der Waals surface area (Å²) in [5, 5.41) is 10.6. The Morgan fingerprint density at radius 2 is 2.22 bits per heavy atom. The number of nitro groups is 1. The number of nitrogens with zero attached hydrogens (tertiary/aromatic N) is 2. The van der Waals surface area contributed by atoms with E-state index in [0.717, 1.165) is 5.56 Å². The molecule has 0 radical (unpaired) electrons. The van der Waals surface area contributed by atoms with Crippen LogP contribution in [-0.4, -0.2) is 28.7 Å². The van der Waals surface area contributed by atoms with Gasteiger partial charge in [0.1, 0.15) is 0 Å². The van der Waals surface area contributed by atoms with Gasteiger partial charge in [-0.05, 0) is 12.0 Å². The largest absolute Gasteiger partial charge is 0.341 e. The van der Waals surface area contributed by atoms with E-state index in [9.17, 15) is 14.9 Å². The lowest BCUT2D eigenvalue weighted by molar-refractivity contribution is -0.384. The average molecular weight is 271 g/mol. The number of alkyl halides is 1. The van der Waals surface area contributed by atoms with Gasteiger partial charge < -0.3 is 4.90 Å². The molecule has 0 heterocycles. The number of hydrogen-bond acceptors (Lipinski definition) is 3. The van der Waals surface area contributed by atoms with Crippen molar-refractivity contribution in [3.63, 3.8) is 0 Å². The van der Waals surface area contributed by atoms with Gasteiger partial charge in [0.25, 0.3) is 5.69 Å². The van der Waals surface area contributed by atoms with E-state index in [0.29, 0.717) is 25.3 Å². The summed E-state index contributed by atoms with van der Waals surface area (Å²) in [7, 11) is 1.68. The maximum Gasteiger partial charge on any atom is 0.269 e. The maximum absolute atomic E-state index is 11.7. The van der Waals surface area contributed by atoms with Crippen molar-refractivity contribution in [3.8, 4) is 0 Å². The number of carbonyl (C=O) groups is 1. The van der Waals surface area contributed by atoms with Crippen LogP contribution in [0.2, 0.25) is 0 Å². The monoisotopic (exact) mass is 270 g/mol. The summed E-state index contributed by atoms with van der Waals surface area (Å²) in [6.45, 7) is 0.364. The van der Waals surface area contributed by atoms with Crippen molar-refractivity contribution >= 4 is 23.2 Å². The van der Waals surface area contributed by atoms with Crippen molar-refractivity contribution in [3.05, 3.63) is 39.9 Å². The standard InChI is InChI=1S/C12H15ClN2O3/c1-14(12(16)6-3-7-13)9-10-4-2-5-11(8-10)15(17)18/h2,4-5,8H,3,6-7,9H2,1H3. The lowest BCUT2D eigenvalue weighted by Gasteiger charge is -2.16. The molecule has 1 aromatic rings. The molecule has 0 saturated carbocycles. The quantitative estimate of drug-likeness (QED) is 0.453. The lowest BCUT2D eigenvalue weighted by Crippen LogP contribution is -2.25. The van der Waals surface area contributed by atoms with Crippen molar-refractivity contribution < 1.29 is 9.72 Å². The molecule has 98 valence electrons. The molecule has 0 fully saturated rings. The van der Waals surface area contributed by atoms with E-state index in [4.69, 9.17) is 11.6 Å². The Labute approximate surface area is 110 Å². The molecule has 1 rings (SSSR count). The van der Waals surface area contributed by atoms with E-state index in [2.05, 4.69) is 0 Å². The third kappa shape index (κ3) is 4.33. The number of rotatable bonds is 6. The van der Waals surface area contributed by atoms with Crippen LogP contribution in [0.5, 0.6) is 0 Å². The SMILES string of the molecule is CN(Cc1cccc([N+](=O)[O-])c1)C(=O)CCCCl. The van der Waals surface area contributed by atoms with Gasteiger partial charge in [-0.3, -0.25) is 14.9 Å². The van der Waals surface area contributed by atoms with Crippen LogP contribution in [0.4, 0.5) is 5.69 Å². The van der Waals surface area contributed by atoms with Gasteiger partial charge in [0, 0.05) is 38.0 Å². The topological polar surface area (TPSA) is 63.4 Å². The highest BCUT2D eigenvalue weighted by atomic mass is 35.5. The first-order chi connectivity index (χ1) is 8.54. The highest BCUT2D eigenvalue weighted by Crippen LogP contribution is 2.14. The van der Waals surface area contributed by atoms with Gasteiger partial charge >= 0.3 is 0 Å². The summed E-state index contributed by atoms with van der Waals surface area (Å²) in [5.41, 5.74) is 0.778. The minimum atomic E-state index is -0.446. The van der Waals surface area contributed by atoms with Gasteiger partial charge in [0.05, 0.1) is 4.92 Å². The summed E-state index contributed by atoms with van der Waals surface area (Å²) >= 11 is 5.52. The van der Waals surface area contributed by atoms with E-state index in [1.165, 1.54) is 12.1 Å². The van der Waals surface area contributed by atoms with Gasteiger partial charge in [0.2, 0.25) is 5.91 Å². The molecule has 0 saturated heterocycles. The Morgan fingerprint density at radius 3 is 2.83 bits per heavy atom. The predicted molar refractivity (Wildman–Crippen MR) is 69.5 cm³/mol. The third-order valence-electron chi connectivity index (χ3n) is 2.49. The van der Waals surface area contributed by atoms with Crippen molar-refractivity contribution in [2.45, 2.75) is 19.4 Å². The average Bonchev–Trinajstić information content (AvgIpc) is 2.36. The molecule has 18 heavy (non-hydrogen) atoms. The van der Waals surface area contributed by atoms with Gasteiger partial charge in [-0.25, -0.2) is 0 Å². The molecule has 0 aliphatic rings. The van der Waals surface area contributed by atoms with Crippen LogP contribution in [0.3, 0.4) is 0 Å². The van der Waals surface area contributed by atoms with Crippen LogP contribution in [0.15, 0.2) is 24.3 Å². The number of amides is 1. The molecule has 0 aromatic heterocycles. The molecule has 6 heteroatoms. The van der Waals surface area contributed by atoms with Gasteiger partial charge in [-0.15, -0.1) is 11.6 Å². The predicted octanol–water partition coefficient (Wildman–Crippen LogP) is 2.57. The van der Waals surface area contributed by atoms with Gasteiger partial charge in [0.15, 0.2) is 0 Å². The number of non-ortho nitro benzene ring substituents is 1. The molecule has 0 atom stereocenters. The first-order valence-corrected chi connectivity index (χ1v) is 6.11.